The normalized spacial score (nSPS) is 10.5. The summed E-state index contributed by atoms with van der Waals surface area (Å²) in [6, 6.07) is 19.0. The number of carbonyl (C=O) groups is 1. The molecule has 1 amide bonds. The van der Waals surface area contributed by atoms with Gasteiger partial charge in [0.05, 0.1) is 19.4 Å². The van der Waals surface area contributed by atoms with Gasteiger partial charge in [-0.1, -0.05) is 59.2 Å². The van der Waals surface area contributed by atoms with E-state index < -0.39 is 5.56 Å². The highest BCUT2D eigenvalue weighted by Crippen LogP contribution is 2.30. The van der Waals surface area contributed by atoms with Crippen molar-refractivity contribution in [2.24, 2.45) is 0 Å². The first-order valence-electron chi connectivity index (χ1n) is 10.5. The second kappa shape index (κ2) is 11.3. The van der Waals surface area contributed by atoms with Crippen LogP contribution >= 0.6 is 35.0 Å². The maximum atomic E-state index is 12.6. The van der Waals surface area contributed by atoms with Crippen LogP contribution in [0.5, 0.6) is 5.75 Å². The molecular weight excluding hydrogens is 519 g/mol. The Hall–Kier alpha value is -3.77. The van der Waals surface area contributed by atoms with Crippen molar-refractivity contribution in [3.05, 3.63) is 110 Å². The monoisotopic (exact) mass is 536 g/mol. The molecular formula is C26H18Cl2N4O3S. The van der Waals surface area contributed by atoms with Gasteiger partial charge in [0.25, 0.3) is 17.2 Å². The molecule has 10 heteroatoms. The van der Waals surface area contributed by atoms with Gasteiger partial charge in [-0.15, -0.1) is 0 Å². The van der Waals surface area contributed by atoms with Crippen molar-refractivity contribution in [3.8, 4) is 17.0 Å². The molecule has 0 bridgehead atoms. The fraction of sp³-hybridized carbons (Fsp3) is 0.0769. The number of methoxy groups -OCH3 is 1. The van der Waals surface area contributed by atoms with Crippen LogP contribution in [0.25, 0.3) is 16.1 Å². The molecule has 0 aliphatic heterocycles. The van der Waals surface area contributed by atoms with Crippen LogP contribution in [0, 0.1) is 6.57 Å². The summed E-state index contributed by atoms with van der Waals surface area (Å²) in [5, 5.41) is 3.95. The van der Waals surface area contributed by atoms with Gasteiger partial charge in [0.1, 0.15) is 5.75 Å². The van der Waals surface area contributed by atoms with Crippen LogP contribution in [0.3, 0.4) is 0 Å². The number of hydrogen-bond acceptors (Lipinski definition) is 5. The van der Waals surface area contributed by atoms with Crippen molar-refractivity contribution in [1.82, 2.24) is 9.97 Å². The zero-order valence-electron chi connectivity index (χ0n) is 18.8. The van der Waals surface area contributed by atoms with Crippen molar-refractivity contribution in [2.75, 3.05) is 12.4 Å². The molecule has 0 atom stereocenters. The van der Waals surface area contributed by atoms with Gasteiger partial charge in [0.15, 0.2) is 5.16 Å². The van der Waals surface area contributed by atoms with Crippen LogP contribution in [0.15, 0.2) is 76.7 Å². The molecule has 36 heavy (non-hydrogen) atoms. The van der Waals surface area contributed by atoms with E-state index in [9.17, 15) is 9.59 Å². The molecule has 3 aromatic carbocycles. The van der Waals surface area contributed by atoms with Crippen LogP contribution < -0.4 is 15.6 Å². The smallest absolute Gasteiger partial charge is 0.276 e. The number of carbonyl (C=O) groups excluding carboxylic acids is 1. The average Bonchev–Trinajstić information content (AvgIpc) is 2.87. The van der Waals surface area contributed by atoms with Crippen molar-refractivity contribution in [1.29, 1.82) is 0 Å². The largest absolute Gasteiger partial charge is 0.497 e. The molecule has 0 unspecified atom stereocenters. The van der Waals surface area contributed by atoms with Gasteiger partial charge in [-0.25, -0.2) is 9.83 Å². The first kappa shape index (κ1) is 25.3. The van der Waals surface area contributed by atoms with Gasteiger partial charge in [-0.3, -0.25) is 9.59 Å². The van der Waals surface area contributed by atoms with Gasteiger partial charge in [0, 0.05) is 27.0 Å². The molecule has 0 saturated carbocycles. The van der Waals surface area contributed by atoms with E-state index in [4.69, 9.17) is 34.5 Å². The van der Waals surface area contributed by atoms with Gasteiger partial charge >= 0.3 is 0 Å². The summed E-state index contributed by atoms with van der Waals surface area (Å²) in [5.74, 6) is 0.719. The van der Waals surface area contributed by atoms with E-state index in [0.29, 0.717) is 43.5 Å². The number of nitrogens with one attached hydrogen (secondary N) is 2. The number of halogens is 2. The molecule has 0 radical (unpaired) electrons. The first-order chi connectivity index (χ1) is 17.4. The third-order valence-corrected chi connectivity index (χ3v) is 6.39. The Kier molecular flexibility index (Phi) is 7.96. The third kappa shape index (κ3) is 6.07. The molecule has 7 nitrogen and oxygen atoms in total. The number of rotatable bonds is 7. The van der Waals surface area contributed by atoms with E-state index in [-0.39, 0.29) is 17.3 Å². The number of benzene rings is 3. The lowest BCUT2D eigenvalue weighted by atomic mass is 10.1. The topological polar surface area (TPSA) is 88.4 Å². The number of anilines is 1. The maximum Gasteiger partial charge on any atom is 0.276 e. The summed E-state index contributed by atoms with van der Waals surface area (Å²) in [5.41, 5.74) is 2.13. The number of hydrogen-bond donors (Lipinski definition) is 2. The molecule has 0 aliphatic rings. The predicted octanol–water partition coefficient (Wildman–Crippen LogP) is 6.85. The Morgan fingerprint density at radius 1 is 1.11 bits per heavy atom. The van der Waals surface area contributed by atoms with E-state index in [0.717, 1.165) is 5.56 Å². The summed E-state index contributed by atoms with van der Waals surface area (Å²) < 4.78 is 5.25. The molecule has 4 rings (SSSR count). The zero-order valence-corrected chi connectivity index (χ0v) is 21.2. The fourth-order valence-electron chi connectivity index (χ4n) is 3.37. The summed E-state index contributed by atoms with van der Waals surface area (Å²) in [6.07, 6.45) is 0. The number of thioether (sulfide) groups is 1. The number of aromatic nitrogens is 2. The van der Waals surface area contributed by atoms with Crippen LogP contribution in [-0.4, -0.2) is 23.0 Å². The second-order valence-electron chi connectivity index (χ2n) is 7.51. The Labute approximate surface area is 221 Å². The number of ether oxygens (including phenoxy) is 1. The van der Waals surface area contributed by atoms with E-state index >= 15 is 0 Å². The van der Waals surface area contributed by atoms with Crippen LogP contribution in [0.2, 0.25) is 10.0 Å². The highest BCUT2D eigenvalue weighted by Gasteiger charge is 2.15. The highest BCUT2D eigenvalue weighted by atomic mass is 35.5. The van der Waals surface area contributed by atoms with Crippen molar-refractivity contribution < 1.29 is 9.53 Å². The number of aromatic amines is 1. The van der Waals surface area contributed by atoms with Crippen LogP contribution in [0.1, 0.15) is 15.9 Å². The van der Waals surface area contributed by atoms with E-state index in [1.54, 1.807) is 43.5 Å². The van der Waals surface area contributed by atoms with Crippen molar-refractivity contribution in [3.63, 3.8) is 0 Å². The lowest BCUT2D eigenvalue weighted by Gasteiger charge is -2.10. The number of H-pyrrole nitrogens is 1. The fourth-order valence-corrected chi connectivity index (χ4v) is 4.70. The quantitative estimate of drug-likeness (QED) is 0.153. The third-order valence-electron chi connectivity index (χ3n) is 5.01. The minimum Gasteiger partial charge on any atom is -0.497 e. The van der Waals surface area contributed by atoms with Crippen LogP contribution in [0.4, 0.5) is 11.4 Å². The molecule has 0 fully saturated rings. The maximum absolute atomic E-state index is 12.6. The van der Waals surface area contributed by atoms with E-state index in [2.05, 4.69) is 20.1 Å². The lowest BCUT2D eigenvalue weighted by molar-refractivity contribution is 0.102. The minimum atomic E-state index is -0.512. The van der Waals surface area contributed by atoms with Gasteiger partial charge in [-0.05, 0) is 53.6 Å². The lowest BCUT2D eigenvalue weighted by Crippen LogP contribution is -2.12. The van der Waals surface area contributed by atoms with E-state index in [1.165, 1.54) is 23.9 Å². The van der Waals surface area contributed by atoms with Crippen molar-refractivity contribution >= 4 is 52.2 Å². The number of amides is 1. The molecule has 0 spiro atoms. The standard InChI is InChI=1S/C26H18Cl2N4O3S/c1-29-23-22(16-6-4-8-21(12-16)35-2)31-26(32-25(23)34)36-14-15-5-3-7-20(9-15)30-24(33)17-10-18(27)13-19(28)11-17/h3-13H,14H2,2H3,(H,30,33)(H,31,32,34). The SMILES string of the molecule is [C-]#[N+]c1c(-c2cccc(OC)c2)nc(SCc2cccc(NC(=O)c3cc(Cl)cc(Cl)c3)c2)[nH]c1=O. The average molecular weight is 537 g/mol. The molecule has 1 heterocycles. The predicted molar refractivity (Wildman–Crippen MR) is 144 cm³/mol. The summed E-state index contributed by atoms with van der Waals surface area (Å²) in [4.78, 5) is 35.8. The molecule has 4 aromatic rings. The Morgan fingerprint density at radius 3 is 2.58 bits per heavy atom. The molecule has 0 aliphatic carbocycles. The summed E-state index contributed by atoms with van der Waals surface area (Å²) >= 11 is 13.3. The van der Waals surface area contributed by atoms with E-state index in [1.807, 2.05) is 18.2 Å². The minimum absolute atomic E-state index is 0.0848. The van der Waals surface area contributed by atoms with Crippen molar-refractivity contribution in [2.45, 2.75) is 10.9 Å². The summed E-state index contributed by atoms with van der Waals surface area (Å²) in [6.45, 7) is 7.42. The second-order valence-corrected chi connectivity index (χ2v) is 9.35. The molecule has 0 saturated heterocycles. The summed E-state index contributed by atoms with van der Waals surface area (Å²) in [7, 11) is 1.54. The molecule has 1 aromatic heterocycles. The Balaban J connectivity index is 1.53. The Bertz CT molecular complexity index is 1530. The first-order valence-corrected chi connectivity index (χ1v) is 12.3. The molecule has 180 valence electrons. The number of nitrogens with zero attached hydrogens (tertiary/aromatic N) is 2. The zero-order chi connectivity index (χ0) is 25.7. The van der Waals surface area contributed by atoms with Crippen LogP contribution in [-0.2, 0) is 5.75 Å². The van der Waals surface area contributed by atoms with Gasteiger partial charge in [-0.2, -0.15) is 0 Å². The van der Waals surface area contributed by atoms with Gasteiger partial charge < -0.3 is 15.0 Å². The Morgan fingerprint density at radius 2 is 1.86 bits per heavy atom. The highest BCUT2D eigenvalue weighted by molar-refractivity contribution is 7.98. The molecule has 2 N–H and O–H groups in total. The van der Waals surface area contributed by atoms with Gasteiger partial charge in [0.2, 0.25) is 0 Å².